The van der Waals surface area contributed by atoms with Gasteiger partial charge in [-0.3, -0.25) is 4.79 Å². The quantitative estimate of drug-likeness (QED) is 0.731. The van der Waals surface area contributed by atoms with E-state index in [1.54, 1.807) is 29.0 Å². The maximum Gasteiger partial charge on any atom is 0.244 e. The molecular formula is C11H10ClNO2S. The van der Waals surface area contributed by atoms with Gasteiger partial charge in [0.05, 0.1) is 17.1 Å². The molecule has 1 unspecified atom stereocenters. The molecule has 3 nitrogen and oxygen atoms in total. The molecule has 1 atom stereocenters. The van der Waals surface area contributed by atoms with E-state index in [1.165, 1.54) is 6.26 Å². The number of pyridine rings is 1. The number of nitrogens with zero attached hydrogens (tertiary/aromatic N) is 1. The Morgan fingerprint density at radius 2 is 2.12 bits per heavy atom. The minimum Gasteiger partial charge on any atom is -0.612 e. The highest BCUT2D eigenvalue weighted by molar-refractivity contribution is 7.90. The van der Waals surface area contributed by atoms with Gasteiger partial charge in [-0.2, -0.15) is 0 Å². The molecule has 0 radical (unpaired) electrons. The zero-order valence-electron chi connectivity index (χ0n) is 8.86. The van der Waals surface area contributed by atoms with Crippen molar-refractivity contribution in [3.8, 4) is 0 Å². The number of benzene rings is 1. The molecule has 2 rings (SSSR count). The van der Waals surface area contributed by atoms with Crippen LogP contribution in [0.4, 0.5) is 0 Å². The van der Waals surface area contributed by atoms with Gasteiger partial charge in [-0.1, -0.05) is 11.6 Å². The Labute approximate surface area is 101 Å². The first kappa shape index (κ1) is 11.5. The van der Waals surface area contributed by atoms with Crippen molar-refractivity contribution in [3.63, 3.8) is 0 Å². The molecule has 1 heterocycles. The standard InChI is InChI=1S/C11H10ClNO2S/c1-13-6-10(16(2)15)11(14)8-5-7(12)3-4-9(8)13/h3-6H,1-2H3. The van der Waals surface area contributed by atoms with Gasteiger partial charge in [0.1, 0.15) is 6.26 Å². The van der Waals surface area contributed by atoms with E-state index in [0.717, 1.165) is 5.52 Å². The number of hydrogen-bond donors (Lipinski definition) is 0. The van der Waals surface area contributed by atoms with Crippen LogP contribution in [0.3, 0.4) is 0 Å². The molecule has 0 saturated heterocycles. The van der Waals surface area contributed by atoms with E-state index in [1.807, 2.05) is 7.05 Å². The fourth-order valence-electron chi connectivity index (χ4n) is 1.64. The van der Waals surface area contributed by atoms with Crippen LogP contribution in [0.5, 0.6) is 0 Å². The summed E-state index contributed by atoms with van der Waals surface area (Å²) < 4.78 is 13.2. The lowest BCUT2D eigenvalue weighted by Crippen LogP contribution is -2.17. The summed E-state index contributed by atoms with van der Waals surface area (Å²) in [5, 5.41) is 1.01. The molecule has 0 aliphatic heterocycles. The highest BCUT2D eigenvalue weighted by atomic mass is 35.5. The molecular weight excluding hydrogens is 246 g/mol. The van der Waals surface area contributed by atoms with Gasteiger partial charge < -0.3 is 9.12 Å². The van der Waals surface area contributed by atoms with Gasteiger partial charge in [0, 0.05) is 12.1 Å². The van der Waals surface area contributed by atoms with Crippen LogP contribution < -0.4 is 5.43 Å². The molecule has 0 bridgehead atoms. The first-order valence-electron chi connectivity index (χ1n) is 4.63. The van der Waals surface area contributed by atoms with E-state index in [0.29, 0.717) is 15.3 Å². The number of rotatable bonds is 1. The molecule has 1 aromatic heterocycles. The lowest BCUT2D eigenvalue weighted by atomic mass is 10.2. The van der Waals surface area contributed by atoms with Gasteiger partial charge in [0.15, 0.2) is 0 Å². The summed E-state index contributed by atoms with van der Waals surface area (Å²) in [5.41, 5.74) is 0.569. The Balaban J connectivity index is 2.92. The molecule has 5 heteroatoms. The third-order valence-corrected chi connectivity index (χ3v) is 3.57. The number of aryl methyl sites for hydroxylation is 1. The first-order chi connectivity index (χ1) is 7.50. The molecule has 0 amide bonds. The van der Waals surface area contributed by atoms with Crippen molar-refractivity contribution < 1.29 is 4.55 Å². The van der Waals surface area contributed by atoms with Crippen molar-refractivity contribution in [2.75, 3.05) is 6.26 Å². The number of aromatic nitrogens is 1. The summed E-state index contributed by atoms with van der Waals surface area (Å²) in [7, 11) is 1.81. The SMILES string of the molecule is Cn1cc([S+](C)[O-])c(=O)c2cc(Cl)ccc21. The summed E-state index contributed by atoms with van der Waals surface area (Å²) in [6.45, 7) is 0. The van der Waals surface area contributed by atoms with Crippen molar-refractivity contribution in [2.45, 2.75) is 4.90 Å². The van der Waals surface area contributed by atoms with Crippen LogP contribution in [-0.4, -0.2) is 15.4 Å². The molecule has 84 valence electrons. The van der Waals surface area contributed by atoms with Crippen LogP contribution >= 0.6 is 11.6 Å². The number of fused-ring (bicyclic) bond motifs is 1. The lowest BCUT2D eigenvalue weighted by molar-refractivity contribution is 0.599. The highest BCUT2D eigenvalue weighted by Crippen LogP contribution is 2.18. The fourth-order valence-corrected chi connectivity index (χ4v) is 2.49. The van der Waals surface area contributed by atoms with E-state index >= 15 is 0 Å². The molecule has 2 aromatic rings. The average Bonchev–Trinajstić information content (AvgIpc) is 2.22. The summed E-state index contributed by atoms with van der Waals surface area (Å²) >= 11 is 4.56. The third-order valence-electron chi connectivity index (χ3n) is 2.43. The predicted molar refractivity (Wildman–Crippen MR) is 66.5 cm³/mol. The maximum atomic E-state index is 12.0. The van der Waals surface area contributed by atoms with Gasteiger partial charge in [-0.15, -0.1) is 0 Å². The first-order valence-corrected chi connectivity index (χ1v) is 6.56. The third kappa shape index (κ3) is 1.84. The second kappa shape index (κ2) is 4.13. The zero-order chi connectivity index (χ0) is 11.9. The molecule has 1 aromatic carbocycles. The lowest BCUT2D eigenvalue weighted by Gasteiger charge is -2.09. The summed E-state index contributed by atoms with van der Waals surface area (Å²) in [4.78, 5) is 12.3. The largest absolute Gasteiger partial charge is 0.612 e. The minimum atomic E-state index is -1.29. The highest BCUT2D eigenvalue weighted by Gasteiger charge is 2.14. The molecule has 0 aliphatic carbocycles. The van der Waals surface area contributed by atoms with Crippen molar-refractivity contribution in [3.05, 3.63) is 39.6 Å². The van der Waals surface area contributed by atoms with Crippen molar-refractivity contribution in [2.24, 2.45) is 7.05 Å². The van der Waals surface area contributed by atoms with Gasteiger partial charge in [0.2, 0.25) is 10.3 Å². The van der Waals surface area contributed by atoms with Crippen LogP contribution in [0, 0.1) is 0 Å². The van der Waals surface area contributed by atoms with Crippen molar-refractivity contribution in [1.82, 2.24) is 4.57 Å². The van der Waals surface area contributed by atoms with Crippen LogP contribution in [0.15, 0.2) is 34.1 Å². The predicted octanol–water partition coefficient (Wildman–Crippen LogP) is 1.93. The van der Waals surface area contributed by atoms with Crippen molar-refractivity contribution >= 4 is 33.7 Å². The average molecular weight is 256 g/mol. The Hall–Kier alpha value is -0.970. The van der Waals surface area contributed by atoms with Gasteiger partial charge >= 0.3 is 0 Å². The van der Waals surface area contributed by atoms with Crippen LogP contribution in [0.25, 0.3) is 10.9 Å². The van der Waals surface area contributed by atoms with E-state index < -0.39 is 11.2 Å². The Morgan fingerprint density at radius 3 is 2.75 bits per heavy atom. The Kier molecular flexibility index (Phi) is 2.97. The normalized spacial score (nSPS) is 13.0. The molecule has 0 fully saturated rings. The van der Waals surface area contributed by atoms with E-state index in [-0.39, 0.29) is 5.43 Å². The second-order valence-corrected chi connectivity index (χ2v) is 5.33. The fraction of sp³-hybridized carbons (Fsp3) is 0.182. The van der Waals surface area contributed by atoms with E-state index in [4.69, 9.17) is 11.6 Å². The van der Waals surface area contributed by atoms with E-state index in [9.17, 15) is 9.35 Å². The number of hydrogen-bond acceptors (Lipinski definition) is 2. The van der Waals surface area contributed by atoms with Gasteiger partial charge in [-0.25, -0.2) is 0 Å². The van der Waals surface area contributed by atoms with Crippen LogP contribution in [0.1, 0.15) is 0 Å². The summed E-state index contributed by atoms with van der Waals surface area (Å²) in [6.07, 6.45) is 3.10. The zero-order valence-corrected chi connectivity index (χ0v) is 10.4. The van der Waals surface area contributed by atoms with Crippen molar-refractivity contribution in [1.29, 1.82) is 0 Å². The molecule has 0 aliphatic rings. The monoisotopic (exact) mass is 255 g/mol. The number of halogens is 1. The van der Waals surface area contributed by atoms with Crippen LogP contribution in [-0.2, 0) is 18.2 Å². The van der Waals surface area contributed by atoms with E-state index in [2.05, 4.69) is 0 Å². The molecule has 16 heavy (non-hydrogen) atoms. The second-order valence-electron chi connectivity index (χ2n) is 3.55. The minimum absolute atomic E-state index is 0.212. The smallest absolute Gasteiger partial charge is 0.244 e. The molecule has 0 spiro atoms. The molecule has 0 saturated carbocycles. The summed E-state index contributed by atoms with van der Waals surface area (Å²) in [6, 6.07) is 5.11. The topological polar surface area (TPSA) is 45.1 Å². The van der Waals surface area contributed by atoms with Crippen LogP contribution in [0.2, 0.25) is 5.02 Å². The van der Waals surface area contributed by atoms with Gasteiger partial charge in [-0.05, 0) is 29.4 Å². The Bertz CT molecular complexity index is 607. The summed E-state index contributed by atoms with van der Waals surface area (Å²) in [5.74, 6) is 0. The molecule has 0 N–H and O–H groups in total. The van der Waals surface area contributed by atoms with Gasteiger partial charge in [0.25, 0.3) is 0 Å². The Morgan fingerprint density at radius 1 is 1.44 bits per heavy atom. The maximum absolute atomic E-state index is 12.0.